The molecule has 0 bridgehead atoms. The van der Waals surface area contributed by atoms with Crippen molar-refractivity contribution in [2.75, 3.05) is 5.32 Å². The van der Waals surface area contributed by atoms with Gasteiger partial charge in [-0.05, 0) is 6.07 Å². The maximum Gasteiger partial charge on any atom is 0.278 e. The topological polar surface area (TPSA) is 83.6 Å². The van der Waals surface area contributed by atoms with Crippen molar-refractivity contribution in [1.29, 1.82) is 0 Å². The van der Waals surface area contributed by atoms with Crippen LogP contribution in [0.3, 0.4) is 0 Å². The first-order chi connectivity index (χ1) is 9.95. The van der Waals surface area contributed by atoms with Crippen LogP contribution in [0.15, 0.2) is 24.3 Å². The zero-order valence-corrected chi connectivity index (χ0v) is 12.8. The van der Waals surface area contributed by atoms with Gasteiger partial charge < -0.3 is 0 Å². The Kier molecular flexibility index (Phi) is 3.21. The normalized spacial score (nSPS) is 11.8. The molecular weight excluding hydrogens is 286 g/mol. The molecule has 1 amide bonds. The lowest BCUT2D eigenvalue weighted by molar-refractivity contribution is 0.102. The van der Waals surface area contributed by atoms with Crippen LogP contribution in [-0.4, -0.2) is 25.5 Å². The Morgan fingerprint density at radius 2 is 2.05 bits per heavy atom. The number of amides is 1. The Balaban J connectivity index is 1.85. The number of para-hydroxylation sites is 1. The van der Waals surface area contributed by atoms with E-state index in [9.17, 15) is 4.79 Å². The molecule has 0 aliphatic carbocycles. The van der Waals surface area contributed by atoms with E-state index in [4.69, 9.17) is 0 Å². The first-order valence-corrected chi connectivity index (χ1v) is 7.31. The molecular formula is C14H15N5OS. The van der Waals surface area contributed by atoms with Crippen molar-refractivity contribution in [3.8, 4) is 0 Å². The zero-order chi connectivity index (χ0) is 15.0. The molecule has 21 heavy (non-hydrogen) atoms. The molecule has 0 saturated carbocycles. The summed E-state index contributed by atoms with van der Waals surface area (Å²) >= 11 is 1.18. The molecule has 2 N–H and O–H groups in total. The van der Waals surface area contributed by atoms with E-state index in [1.54, 1.807) is 0 Å². The minimum Gasteiger partial charge on any atom is -0.295 e. The molecule has 0 fully saturated rings. The zero-order valence-electron chi connectivity index (χ0n) is 12.0. The summed E-state index contributed by atoms with van der Waals surface area (Å²) in [7, 11) is 0. The number of H-pyrrole nitrogens is 1. The van der Waals surface area contributed by atoms with Crippen LogP contribution in [0.1, 0.15) is 37.1 Å². The van der Waals surface area contributed by atoms with Crippen molar-refractivity contribution < 1.29 is 4.79 Å². The maximum atomic E-state index is 12.3. The van der Waals surface area contributed by atoms with Gasteiger partial charge in [0.25, 0.3) is 5.91 Å². The number of benzene rings is 1. The molecule has 0 aliphatic rings. The molecule has 0 saturated heterocycles. The Morgan fingerprint density at radius 3 is 2.76 bits per heavy atom. The van der Waals surface area contributed by atoms with Crippen LogP contribution >= 0.6 is 11.5 Å². The second-order valence-electron chi connectivity index (χ2n) is 5.75. The predicted octanol–water partition coefficient (Wildman–Crippen LogP) is 2.96. The summed E-state index contributed by atoms with van der Waals surface area (Å²) in [5.41, 5.74) is 1.05. The lowest BCUT2D eigenvalue weighted by atomic mass is 9.96. The van der Waals surface area contributed by atoms with Crippen molar-refractivity contribution in [1.82, 2.24) is 19.6 Å². The van der Waals surface area contributed by atoms with Gasteiger partial charge in [0, 0.05) is 22.3 Å². The maximum absolute atomic E-state index is 12.3. The van der Waals surface area contributed by atoms with Gasteiger partial charge in [-0.25, -0.2) is 4.98 Å². The van der Waals surface area contributed by atoms with E-state index in [2.05, 4.69) is 24.9 Å². The van der Waals surface area contributed by atoms with Gasteiger partial charge in [-0.15, -0.1) is 0 Å². The fourth-order valence-corrected chi connectivity index (χ4v) is 2.63. The second kappa shape index (κ2) is 4.92. The number of nitrogens with zero attached hydrogens (tertiary/aromatic N) is 3. The number of aromatic amines is 1. The smallest absolute Gasteiger partial charge is 0.278 e. The van der Waals surface area contributed by atoms with Gasteiger partial charge >= 0.3 is 0 Å². The number of carbonyl (C=O) groups is 1. The highest BCUT2D eigenvalue weighted by Gasteiger charge is 2.21. The van der Waals surface area contributed by atoms with Crippen LogP contribution in [0.25, 0.3) is 10.9 Å². The number of hydrogen-bond donors (Lipinski definition) is 2. The van der Waals surface area contributed by atoms with Crippen LogP contribution in [0.2, 0.25) is 0 Å². The van der Waals surface area contributed by atoms with Gasteiger partial charge in [-0.2, -0.15) is 9.47 Å². The van der Waals surface area contributed by atoms with Crippen molar-refractivity contribution in [3.63, 3.8) is 0 Å². The highest BCUT2D eigenvalue weighted by atomic mass is 32.1. The second-order valence-corrected chi connectivity index (χ2v) is 6.50. The molecule has 0 aliphatic heterocycles. The highest BCUT2D eigenvalue weighted by molar-refractivity contribution is 7.09. The van der Waals surface area contributed by atoms with E-state index in [-0.39, 0.29) is 11.3 Å². The van der Waals surface area contributed by atoms with Gasteiger partial charge in [0.15, 0.2) is 5.69 Å². The summed E-state index contributed by atoms with van der Waals surface area (Å²) in [6, 6.07) is 7.50. The minimum absolute atomic E-state index is 0.140. The number of carbonyl (C=O) groups excluding carboxylic acids is 1. The molecule has 2 aromatic heterocycles. The number of anilines is 1. The predicted molar refractivity (Wildman–Crippen MR) is 82.7 cm³/mol. The summed E-state index contributed by atoms with van der Waals surface area (Å²) < 4.78 is 4.27. The van der Waals surface area contributed by atoms with E-state index in [0.29, 0.717) is 10.8 Å². The third-order valence-electron chi connectivity index (χ3n) is 3.00. The fourth-order valence-electron chi connectivity index (χ4n) is 1.87. The van der Waals surface area contributed by atoms with Crippen LogP contribution < -0.4 is 5.32 Å². The summed E-state index contributed by atoms with van der Waals surface area (Å²) in [6.07, 6.45) is 0. The van der Waals surface area contributed by atoms with E-state index in [0.717, 1.165) is 16.7 Å². The molecule has 2 heterocycles. The number of aromatic nitrogens is 4. The Bertz CT molecular complexity index is 799. The average molecular weight is 301 g/mol. The SMILES string of the molecule is CC(C)(C)c1nsc(NC(=O)c2n[nH]c3ccccc23)n1. The van der Waals surface area contributed by atoms with Crippen LogP contribution in [-0.2, 0) is 5.41 Å². The summed E-state index contributed by atoms with van der Waals surface area (Å²) in [6.45, 7) is 6.09. The van der Waals surface area contributed by atoms with Gasteiger partial charge in [0.2, 0.25) is 5.13 Å². The van der Waals surface area contributed by atoms with Crippen molar-refractivity contribution >= 4 is 33.5 Å². The quantitative estimate of drug-likeness (QED) is 0.762. The van der Waals surface area contributed by atoms with E-state index in [1.165, 1.54) is 11.5 Å². The highest BCUT2D eigenvalue weighted by Crippen LogP contribution is 2.23. The minimum atomic E-state index is -0.288. The van der Waals surface area contributed by atoms with Gasteiger partial charge in [0.1, 0.15) is 5.82 Å². The number of fused-ring (bicyclic) bond motifs is 1. The van der Waals surface area contributed by atoms with Gasteiger partial charge in [-0.3, -0.25) is 15.2 Å². The van der Waals surface area contributed by atoms with Crippen LogP contribution in [0, 0.1) is 0 Å². The summed E-state index contributed by atoms with van der Waals surface area (Å²) in [5.74, 6) is 0.429. The van der Waals surface area contributed by atoms with E-state index < -0.39 is 0 Å². The molecule has 0 radical (unpaired) electrons. The average Bonchev–Trinajstić information content (AvgIpc) is 3.03. The Labute approximate surface area is 125 Å². The van der Waals surface area contributed by atoms with Crippen molar-refractivity contribution in [3.05, 3.63) is 35.8 Å². The lowest BCUT2D eigenvalue weighted by Gasteiger charge is -2.12. The monoisotopic (exact) mass is 301 g/mol. The molecule has 3 rings (SSSR count). The third-order valence-corrected chi connectivity index (χ3v) is 3.63. The molecule has 1 aromatic carbocycles. The van der Waals surface area contributed by atoms with E-state index >= 15 is 0 Å². The number of rotatable bonds is 2. The van der Waals surface area contributed by atoms with Crippen molar-refractivity contribution in [2.24, 2.45) is 0 Å². The first kappa shape index (κ1) is 13.7. The fraction of sp³-hybridized carbons (Fsp3) is 0.286. The Hall–Kier alpha value is -2.28. The number of hydrogen-bond acceptors (Lipinski definition) is 5. The third kappa shape index (κ3) is 2.64. The molecule has 108 valence electrons. The Morgan fingerprint density at radius 1 is 1.29 bits per heavy atom. The molecule has 6 nitrogen and oxygen atoms in total. The van der Waals surface area contributed by atoms with Crippen LogP contribution in [0.4, 0.5) is 5.13 Å². The summed E-state index contributed by atoms with van der Waals surface area (Å²) in [5, 5.41) is 10.9. The molecule has 0 unspecified atom stereocenters. The summed E-state index contributed by atoms with van der Waals surface area (Å²) in [4.78, 5) is 16.6. The lowest BCUT2D eigenvalue weighted by Crippen LogP contribution is -2.15. The molecule has 7 heteroatoms. The van der Waals surface area contributed by atoms with Crippen molar-refractivity contribution in [2.45, 2.75) is 26.2 Å². The first-order valence-electron chi connectivity index (χ1n) is 6.54. The standard InChI is InChI=1S/C14H15N5OS/c1-14(2,3)12-16-13(21-19-12)15-11(20)10-8-6-4-5-7-9(8)17-18-10/h4-7H,1-3H3,(H,17,18)(H,15,16,19,20). The van der Waals surface area contributed by atoms with E-state index in [1.807, 2.05) is 45.0 Å². The van der Waals surface area contributed by atoms with Gasteiger partial charge in [0.05, 0.1) is 5.52 Å². The molecule has 0 spiro atoms. The molecule has 0 atom stereocenters. The largest absolute Gasteiger partial charge is 0.295 e. The van der Waals surface area contributed by atoms with Crippen LogP contribution in [0.5, 0.6) is 0 Å². The van der Waals surface area contributed by atoms with Gasteiger partial charge in [-0.1, -0.05) is 39.0 Å². The number of nitrogens with one attached hydrogen (secondary N) is 2. The molecule has 3 aromatic rings.